The van der Waals surface area contributed by atoms with Crippen molar-refractivity contribution in [2.45, 2.75) is 44.8 Å². The molecule has 20 heavy (non-hydrogen) atoms. The summed E-state index contributed by atoms with van der Waals surface area (Å²) in [4.78, 5) is 0. The highest BCUT2D eigenvalue weighted by atomic mass is 19.1. The van der Waals surface area contributed by atoms with Gasteiger partial charge in [0.05, 0.1) is 0 Å². The number of rotatable bonds is 3. The third kappa shape index (κ3) is 2.75. The van der Waals surface area contributed by atoms with Crippen LogP contribution in [0.15, 0.2) is 12.1 Å². The molecule has 1 unspecified atom stereocenters. The summed E-state index contributed by atoms with van der Waals surface area (Å²) in [6, 6.07) is 4.18. The Labute approximate surface area is 119 Å². The van der Waals surface area contributed by atoms with Crippen LogP contribution in [-0.4, -0.2) is 25.8 Å². The van der Waals surface area contributed by atoms with Crippen LogP contribution >= 0.6 is 0 Å². The Kier molecular flexibility index (Phi) is 3.59. The van der Waals surface area contributed by atoms with E-state index in [0.29, 0.717) is 30.6 Å². The zero-order valence-electron chi connectivity index (χ0n) is 12.2. The molecule has 110 valence electrons. The quantitative estimate of drug-likeness (QED) is 0.922. The highest BCUT2D eigenvalue weighted by molar-refractivity contribution is 5.51. The number of halogens is 1. The molecule has 1 aromatic rings. The predicted molar refractivity (Wildman–Crippen MR) is 76.3 cm³/mol. The minimum absolute atomic E-state index is 0.461. The molecule has 0 spiro atoms. The molecule has 4 heteroatoms. The first-order chi connectivity index (χ1) is 9.54. The van der Waals surface area contributed by atoms with Crippen LogP contribution in [0.2, 0.25) is 0 Å². The molecule has 2 aliphatic rings. The molecular weight excluding hydrogens is 257 g/mol. The molecule has 0 amide bonds. The van der Waals surface area contributed by atoms with Gasteiger partial charge in [0.1, 0.15) is 18.9 Å². The number of hydrogen-bond acceptors (Lipinski definition) is 3. The van der Waals surface area contributed by atoms with Gasteiger partial charge in [-0.1, -0.05) is 0 Å². The van der Waals surface area contributed by atoms with Gasteiger partial charge in [-0.05, 0) is 62.9 Å². The van der Waals surface area contributed by atoms with Crippen molar-refractivity contribution in [2.24, 2.45) is 0 Å². The number of nitrogens with one attached hydrogen (secondary N) is 1. The van der Waals surface area contributed by atoms with Crippen LogP contribution in [0.5, 0.6) is 11.5 Å². The molecule has 0 aliphatic carbocycles. The van der Waals surface area contributed by atoms with Gasteiger partial charge in [-0.15, -0.1) is 0 Å². The summed E-state index contributed by atoms with van der Waals surface area (Å²) >= 11 is 0. The Morgan fingerprint density at radius 3 is 2.80 bits per heavy atom. The molecule has 1 atom stereocenters. The van der Waals surface area contributed by atoms with Crippen molar-refractivity contribution in [3.05, 3.63) is 23.3 Å². The molecule has 0 saturated carbocycles. The van der Waals surface area contributed by atoms with E-state index in [1.807, 2.05) is 6.07 Å². The van der Waals surface area contributed by atoms with Gasteiger partial charge in [0.2, 0.25) is 0 Å². The van der Waals surface area contributed by atoms with Crippen LogP contribution in [-0.2, 0) is 12.1 Å². The van der Waals surface area contributed by atoms with Crippen LogP contribution in [0.1, 0.15) is 37.8 Å². The zero-order valence-corrected chi connectivity index (χ0v) is 12.2. The van der Waals surface area contributed by atoms with Crippen molar-refractivity contribution in [3.63, 3.8) is 0 Å². The summed E-state index contributed by atoms with van der Waals surface area (Å²) in [7, 11) is 0. The second-order valence-electron chi connectivity index (χ2n) is 6.13. The first kappa shape index (κ1) is 13.7. The van der Waals surface area contributed by atoms with E-state index in [0.717, 1.165) is 24.3 Å². The van der Waals surface area contributed by atoms with E-state index in [-0.39, 0.29) is 0 Å². The van der Waals surface area contributed by atoms with Crippen molar-refractivity contribution in [3.8, 4) is 11.5 Å². The summed E-state index contributed by atoms with van der Waals surface area (Å²) in [6.45, 7) is 5.32. The smallest absolute Gasteiger partial charge is 0.164 e. The van der Waals surface area contributed by atoms with E-state index in [2.05, 4.69) is 5.32 Å². The van der Waals surface area contributed by atoms with Gasteiger partial charge in [0, 0.05) is 6.04 Å². The molecule has 1 aromatic carbocycles. The van der Waals surface area contributed by atoms with Gasteiger partial charge in [0.15, 0.2) is 11.5 Å². The molecule has 2 aliphatic heterocycles. The van der Waals surface area contributed by atoms with Crippen LogP contribution in [0.25, 0.3) is 0 Å². The molecule has 1 fully saturated rings. The molecule has 2 heterocycles. The maximum atomic E-state index is 14.3. The third-order valence-electron chi connectivity index (χ3n) is 4.03. The standard InChI is InChI=1S/C16H22FNO2/c1-16(2,17)12-8-11(9-13-4-3-5-18-13)15-14(10-12)19-6-7-20-15/h8,10,13,18H,3-7,9H2,1-2H3. The summed E-state index contributed by atoms with van der Waals surface area (Å²) in [5, 5.41) is 3.48. The lowest BCUT2D eigenvalue weighted by Gasteiger charge is -2.25. The Balaban J connectivity index is 1.96. The fourth-order valence-corrected chi connectivity index (χ4v) is 2.92. The van der Waals surface area contributed by atoms with E-state index in [4.69, 9.17) is 9.47 Å². The van der Waals surface area contributed by atoms with Crippen molar-refractivity contribution in [1.29, 1.82) is 0 Å². The second-order valence-corrected chi connectivity index (χ2v) is 6.13. The lowest BCUT2D eigenvalue weighted by atomic mass is 9.94. The van der Waals surface area contributed by atoms with Gasteiger partial charge in [-0.2, -0.15) is 0 Å². The number of fused-ring (bicyclic) bond motifs is 1. The maximum absolute atomic E-state index is 14.3. The van der Waals surface area contributed by atoms with Crippen molar-refractivity contribution in [2.75, 3.05) is 19.8 Å². The van der Waals surface area contributed by atoms with Gasteiger partial charge in [-0.3, -0.25) is 0 Å². The van der Waals surface area contributed by atoms with Crippen molar-refractivity contribution >= 4 is 0 Å². The predicted octanol–water partition coefficient (Wildman–Crippen LogP) is 2.96. The zero-order chi connectivity index (χ0) is 14.2. The van der Waals surface area contributed by atoms with Crippen molar-refractivity contribution < 1.29 is 13.9 Å². The average molecular weight is 279 g/mol. The lowest BCUT2D eigenvalue weighted by Crippen LogP contribution is -2.25. The SMILES string of the molecule is CC(C)(F)c1cc(CC2CCCN2)c2c(c1)OCCO2. The van der Waals surface area contributed by atoms with Crippen LogP contribution in [0.4, 0.5) is 4.39 Å². The topological polar surface area (TPSA) is 30.5 Å². The second kappa shape index (κ2) is 5.24. The number of ether oxygens (including phenoxy) is 2. The maximum Gasteiger partial charge on any atom is 0.164 e. The lowest BCUT2D eigenvalue weighted by molar-refractivity contribution is 0.167. The van der Waals surface area contributed by atoms with Gasteiger partial charge in [0.25, 0.3) is 0 Å². The molecule has 1 saturated heterocycles. The van der Waals surface area contributed by atoms with Gasteiger partial charge >= 0.3 is 0 Å². The summed E-state index contributed by atoms with van der Waals surface area (Å²) in [5.41, 5.74) is 0.352. The summed E-state index contributed by atoms with van der Waals surface area (Å²) in [5.74, 6) is 1.49. The number of alkyl halides is 1. The monoisotopic (exact) mass is 279 g/mol. The Morgan fingerprint density at radius 1 is 1.30 bits per heavy atom. The van der Waals surface area contributed by atoms with Gasteiger partial charge in [-0.25, -0.2) is 4.39 Å². The van der Waals surface area contributed by atoms with E-state index >= 15 is 0 Å². The summed E-state index contributed by atoms with van der Waals surface area (Å²) in [6.07, 6.45) is 3.24. The van der Waals surface area contributed by atoms with Crippen LogP contribution < -0.4 is 14.8 Å². The molecular formula is C16H22FNO2. The highest BCUT2D eigenvalue weighted by Gasteiger charge is 2.27. The molecule has 1 N–H and O–H groups in total. The Bertz CT molecular complexity index is 490. The van der Waals surface area contributed by atoms with E-state index in [9.17, 15) is 4.39 Å². The highest BCUT2D eigenvalue weighted by Crippen LogP contribution is 2.40. The fourth-order valence-electron chi connectivity index (χ4n) is 2.92. The van der Waals surface area contributed by atoms with Crippen LogP contribution in [0, 0.1) is 0 Å². The minimum Gasteiger partial charge on any atom is -0.486 e. The van der Waals surface area contributed by atoms with Crippen molar-refractivity contribution in [1.82, 2.24) is 5.32 Å². The first-order valence-electron chi connectivity index (χ1n) is 7.39. The minimum atomic E-state index is -1.37. The largest absolute Gasteiger partial charge is 0.486 e. The number of benzene rings is 1. The fraction of sp³-hybridized carbons (Fsp3) is 0.625. The summed E-state index contributed by atoms with van der Waals surface area (Å²) < 4.78 is 25.7. The first-order valence-corrected chi connectivity index (χ1v) is 7.39. The van der Waals surface area contributed by atoms with E-state index < -0.39 is 5.67 Å². The molecule has 3 rings (SSSR count). The molecule has 0 bridgehead atoms. The molecule has 0 radical (unpaired) electrons. The number of hydrogen-bond donors (Lipinski definition) is 1. The average Bonchev–Trinajstić information content (AvgIpc) is 2.90. The van der Waals surface area contributed by atoms with E-state index in [1.54, 1.807) is 19.9 Å². The molecule has 3 nitrogen and oxygen atoms in total. The van der Waals surface area contributed by atoms with Crippen LogP contribution in [0.3, 0.4) is 0 Å². The Hall–Kier alpha value is -1.29. The molecule has 0 aromatic heterocycles. The normalized spacial score (nSPS) is 22.1. The van der Waals surface area contributed by atoms with E-state index in [1.165, 1.54) is 12.8 Å². The third-order valence-corrected chi connectivity index (χ3v) is 4.03. The Morgan fingerprint density at radius 2 is 2.10 bits per heavy atom. The van der Waals surface area contributed by atoms with Gasteiger partial charge < -0.3 is 14.8 Å².